The van der Waals surface area contributed by atoms with E-state index < -0.39 is 18.1 Å². The Balaban J connectivity index is 1.81. The van der Waals surface area contributed by atoms with Crippen molar-refractivity contribution in [1.82, 2.24) is 9.80 Å². The van der Waals surface area contributed by atoms with Crippen molar-refractivity contribution in [3.63, 3.8) is 0 Å². The minimum Gasteiger partial charge on any atom is -0.480 e. The summed E-state index contributed by atoms with van der Waals surface area (Å²) >= 11 is 1.64. The third-order valence-corrected chi connectivity index (χ3v) is 6.31. The van der Waals surface area contributed by atoms with Gasteiger partial charge in [-0.25, -0.2) is 4.79 Å². The second-order valence-electron chi connectivity index (χ2n) is 6.15. The molecule has 2 amide bonds. The number of carboxylic acids is 1. The number of aliphatic carboxylic acids is 1. The van der Waals surface area contributed by atoms with E-state index in [4.69, 9.17) is 0 Å². The number of hydrogen-bond acceptors (Lipinski definition) is 4. The molecule has 3 fully saturated rings. The van der Waals surface area contributed by atoms with Gasteiger partial charge in [0, 0.05) is 18.7 Å². The lowest BCUT2D eigenvalue weighted by molar-refractivity contribution is -0.155. The fourth-order valence-corrected chi connectivity index (χ4v) is 5.07. The fraction of sp³-hybridized carbons (Fsp3) is 0.786. The van der Waals surface area contributed by atoms with Gasteiger partial charge in [0.1, 0.15) is 12.1 Å². The van der Waals surface area contributed by atoms with Crippen molar-refractivity contribution >= 4 is 29.5 Å². The average molecular weight is 312 g/mol. The van der Waals surface area contributed by atoms with Gasteiger partial charge in [-0.05, 0) is 32.6 Å². The maximum atomic E-state index is 12.8. The molecule has 7 heteroatoms. The maximum absolute atomic E-state index is 12.8. The van der Waals surface area contributed by atoms with Crippen molar-refractivity contribution < 1.29 is 19.5 Å². The molecule has 3 saturated heterocycles. The van der Waals surface area contributed by atoms with Crippen LogP contribution in [-0.2, 0) is 14.4 Å². The van der Waals surface area contributed by atoms with Crippen molar-refractivity contribution in [2.45, 2.75) is 56.0 Å². The predicted molar refractivity (Wildman–Crippen MR) is 77.7 cm³/mol. The minimum atomic E-state index is -0.941. The molecule has 0 aromatic carbocycles. The minimum absolute atomic E-state index is 0.0183. The highest BCUT2D eigenvalue weighted by atomic mass is 32.2. The highest BCUT2D eigenvalue weighted by Crippen LogP contribution is 2.47. The van der Waals surface area contributed by atoms with E-state index in [9.17, 15) is 19.5 Å². The lowest BCUT2D eigenvalue weighted by atomic mass is 10.0. The number of carbonyl (C=O) groups is 3. The zero-order valence-electron chi connectivity index (χ0n) is 12.1. The smallest absolute Gasteiger partial charge is 0.326 e. The molecule has 3 atom stereocenters. The van der Waals surface area contributed by atoms with E-state index in [1.807, 2.05) is 6.92 Å². The molecule has 6 nitrogen and oxygen atoms in total. The Morgan fingerprint density at radius 1 is 1.33 bits per heavy atom. The van der Waals surface area contributed by atoms with Gasteiger partial charge < -0.3 is 14.9 Å². The zero-order valence-corrected chi connectivity index (χ0v) is 12.9. The van der Waals surface area contributed by atoms with Gasteiger partial charge in [-0.1, -0.05) is 0 Å². The van der Waals surface area contributed by atoms with E-state index in [1.54, 1.807) is 16.7 Å². The molecule has 0 radical (unpaired) electrons. The summed E-state index contributed by atoms with van der Waals surface area (Å²) in [5, 5.41) is 9.31. The quantitative estimate of drug-likeness (QED) is 0.820. The van der Waals surface area contributed by atoms with Crippen LogP contribution in [-0.4, -0.2) is 61.9 Å². The van der Waals surface area contributed by atoms with E-state index in [2.05, 4.69) is 0 Å². The second kappa shape index (κ2) is 5.19. The number of hydrogen-bond donors (Lipinski definition) is 1. The van der Waals surface area contributed by atoms with Crippen LogP contribution in [0.3, 0.4) is 0 Å². The van der Waals surface area contributed by atoms with Crippen LogP contribution < -0.4 is 0 Å². The Bertz CT molecular complexity index is 497. The molecule has 0 aliphatic carbocycles. The number of carboxylic acid groups (broad SMARTS) is 1. The molecule has 0 aromatic heterocycles. The number of likely N-dealkylation sites (tertiary alicyclic amines) is 1. The van der Waals surface area contributed by atoms with Crippen LogP contribution in [0.4, 0.5) is 0 Å². The van der Waals surface area contributed by atoms with Crippen LogP contribution in [0, 0.1) is 0 Å². The summed E-state index contributed by atoms with van der Waals surface area (Å²) in [6.07, 6.45) is 3.42. The molecule has 0 aromatic rings. The van der Waals surface area contributed by atoms with Crippen LogP contribution in [0.5, 0.6) is 0 Å². The monoisotopic (exact) mass is 312 g/mol. The Morgan fingerprint density at radius 2 is 2.10 bits per heavy atom. The van der Waals surface area contributed by atoms with Gasteiger partial charge in [0.15, 0.2) is 0 Å². The van der Waals surface area contributed by atoms with Crippen molar-refractivity contribution in [1.29, 1.82) is 0 Å². The number of rotatable bonds is 2. The first-order valence-corrected chi connectivity index (χ1v) is 8.42. The Morgan fingerprint density at radius 3 is 2.81 bits per heavy atom. The Hall–Kier alpha value is -1.24. The lowest BCUT2D eigenvalue weighted by Gasteiger charge is -2.37. The molecule has 0 bridgehead atoms. The third-order valence-electron chi connectivity index (χ3n) is 4.80. The third kappa shape index (κ3) is 2.31. The lowest BCUT2D eigenvalue weighted by Crippen LogP contribution is -2.56. The number of carbonyl (C=O) groups excluding carboxylic acids is 2. The second-order valence-corrected chi connectivity index (χ2v) is 7.65. The summed E-state index contributed by atoms with van der Waals surface area (Å²) in [4.78, 5) is 39.2. The summed E-state index contributed by atoms with van der Waals surface area (Å²) < 4.78 is 0. The number of piperidine rings is 1. The molecule has 0 saturated carbocycles. The summed E-state index contributed by atoms with van der Waals surface area (Å²) in [6.45, 7) is 2.48. The Labute approximate surface area is 127 Å². The van der Waals surface area contributed by atoms with Crippen molar-refractivity contribution in [3.8, 4) is 0 Å². The first-order chi connectivity index (χ1) is 9.94. The fourth-order valence-electron chi connectivity index (χ4n) is 3.65. The van der Waals surface area contributed by atoms with Gasteiger partial charge in [0.25, 0.3) is 0 Å². The van der Waals surface area contributed by atoms with Crippen LogP contribution in [0.15, 0.2) is 0 Å². The molecule has 1 N–H and O–H groups in total. The van der Waals surface area contributed by atoms with E-state index in [1.165, 1.54) is 4.90 Å². The number of fused-ring (bicyclic) bond motifs is 1. The van der Waals surface area contributed by atoms with E-state index in [0.717, 1.165) is 19.3 Å². The maximum Gasteiger partial charge on any atom is 0.326 e. The van der Waals surface area contributed by atoms with Crippen LogP contribution in [0.2, 0.25) is 0 Å². The molecular formula is C14H20N2O4S. The summed E-state index contributed by atoms with van der Waals surface area (Å²) in [5.74, 6) is -0.535. The van der Waals surface area contributed by atoms with E-state index in [-0.39, 0.29) is 16.7 Å². The highest BCUT2D eigenvalue weighted by Gasteiger charge is 2.54. The number of thioether (sulfide) groups is 1. The van der Waals surface area contributed by atoms with Crippen LogP contribution >= 0.6 is 11.8 Å². The molecule has 0 spiro atoms. The topological polar surface area (TPSA) is 77.9 Å². The van der Waals surface area contributed by atoms with Gasteiger partial charge in [-0.2, -0.15) is 0 Å². The van der Waals surface area contributed by atoms with Gasteiger partial charge in [0.2, 0.25) is 11.8 Å². The van der Waals surface area contributed by atoms with E-state index in [0.29, 0.717) is 25.1 Å². The number of amides is 2. The zero-order chi connectivity index (χ0) is 15.2. The summed E-state index contributed by atoms with van der Waals surface area (Å²) in [6, 6.07) is -1.23. The first-order valence-electron chi connectivity index (χ1n) is 7.43. The van der Waals surface area contributed by atoms with Crippen molar-refractivity contribution in [2.75, 3.05) is 12.3 Å². The first kappa shape index (κ1) is 14.7. The van der Waals surface area contributed by atoms with E-state index >= 15 is 0 Å². The van der Waals surface area contributed by atoms with Crippen LogP contribution in [0.25, 0.3) is 0 Å². The molecule has 116 valence electrons. The molecule has 3 rings (SSSR count). The van der Waals surface area contributed by atoms with Crippen molar-refractivity contribution in [2.24, 2.45) is 0 Å². The summed E-state index contributed by atoms with van der Waals surface area (Å²) in [7, 11) is 0. The van der Waals surface area contributed by atoms with Crippen molar-refractivity contribution in [3.05, 3.63) is 0 Å². The normalized spacial score (nSPS) is 36.0. The number of nitrogens with zero attached hydrogens (tertiary/aromatic N) is 2. The molecule has 3 aliphatic heterocycles. The molecule has 21 heavy (non-hydrogen) atoms. The molecule has 3 heterocycles. The largest absolute Gasteiger partial charge is 0.480 e. The standard InChI is InChI=1S/C14H20N2O4S/c1-14-6-5-11(17)16(14)10(8-21-14)12(18)15-7-3-2-4-9(15)13(19)20/h9-10H,2-8H2,1H3,(H,19,20)/t9-,10?,14?/m1/s1. The molecular weight excluding hydrogens is 292 g/mol. The predicted octanol–water partition coefficient (Wildman–Crippen LogP) is 0.906. The molecule has 3 aliphatic rings. The van der Waals surface area contributed by atoms with Crippen LogP contribution in [0.1, 0.15) is 39.0 Å². The Kier molecular flexibility index (Phi) is 3.63. The van der Waals surface area contributed by atoms with Gasteiger partial charge in [-0.3, -0.25) is 9.59 Å². The summed E-state index contributed by atoms with van der Waals surface area (Å²) in [5.41, 5.74) is 0. The van der Waals surface area contributed by atoms with Gasteiger partial charge in [-0.15, -0.1) is 11.8 Å². The average Bonchev–Trinajstić information content (AvgIpc) is 2.95. The van der Waals surface area contributed by atoms with Gasteiger partial charge in [0.05, 0.1) is 4.87 Å². The highest BCUT2D eigenvalue weighted by molar-refractivity contribution is 8.01. The van der Waals surface area contributed by atoms with Gasteiger partial charge >= 0.3 is 5.97 Å². The SMILES string of the molecule is CC12CCC(=O)N1C(C(=O)N1CCCC[C@@H]1C(=O)O)CS2. The molecule has 2 unspecified atom stereocenters.